The molecular weight excluding hydrogens is 1090 g/mol. The average Bonchev–Trinajstić information content (AvgIpc) is 4.16. The topological polar surface area (TPSA) is 204 Å². The summed E-state index contributed by atoms with van der Waals surface area (Å²) in [6, 6.07) is 5.75. The number of pyridine rings is 1. The van der Waals surface area contributed by atoms with E-state index in [4.69, 9.17) is 9.72 Å². The number of aliphatic hydroxyl groups is 1. The number of carbonyl (C=O) groups is 4. The SMILES string of the molecule is COC(=O)N[C@H](C(=O)N[C@@H](Cc1ccc(C#Cc2ccc(N3CC4CCC(C3)N4C3COC3)nc2C)cc1)[C@@H](O)CN(CC(=O)[C@@H](NC(=O)O)C(C)(C)C(F)(F)F)Cc1c(F)cc(-c2cnn(C(F)F)c2)cc1F)C(C)(C)C(F)(F)F. The molecule has 0 saturated carbocycles. The summed E-state index contributed by atoms with van der Waals surface area (Å²) in [5, 5.41) is 30.7. The Morgan fingerprint density at radius 1 is 0.840 bits per heavy atom. The predicted octanol–water partition coefficient (Wildman–Crippen LogP) is 7.38. The fourth-order valence-electron chi connectivity index (χ4n) is 10.1. The number of aliphatic hydroxyl groups excluding tert-OH is 1. The number of Topliss-reactive ketones (excluding diaryl/α,β-unsaturated/α-hetero) is 1. The third kappa shape index (κ3) is 14.2. The molecule has 3 saturated heterocycles. The van der Waals surface area contributed by atoms with Gasteiger partial charge in [0, 0.05) is 66.7 Å². The van der Waals surface area contributed by atoms with Gasteiger partial charge in [-0.25, -0.2) is 28.0 Å². The first-order chi connectivity index (χ1) is 37.9. The van der Waals surface area contributed by atoms with E-state index in [-0.39, 0.29) is 21.4 Å². The molecule has 440 valence electrons. The number of nitrogens with zero attached hydrogens (tertiary/aromatic N) is 6. The number of alkyl carbamates (subject to hydrolysis) is 1. The second-order valence-electron chi connectivity index (χ2n) is 21.5. The molecule has 2 aromatic carbocycles. The number of fused-ring (bicyclic) bond motifs is 2. The molecule has 7 rings (SSSR count). The van der Waals surface area contributed by atoms with Crippen molar-refractivity contribution in [2.75, 3.05) is 51.4 Å². The van der Waals surface area contributed by atoms with Crippen LogP contribution in [0.5, 0.6) is 0 Å². The number of rotatable bonds is 20. The Balaban J connectivity index is 1.19. The van der Waals surface area contributed by atoms with Crippen LogP contribution in [-0.2, 0) is 32.0 Å². The first kappa shape index (κ1) is 61.6. The number of carboxylic acid groups (broad SMARTS) is 1. The Morgan fingerprint density at radius 2 is 1.44 bits per heavy atom. The van der Waals surface area contributed by atoms with Gasteiger partial charge < -0.3 is 40.5 Å². The van der Waals surface area contributed by atoms with Crippen LogP contribution in [0.3, 0.4) is 0 Å². The first-order valence-corrected chi connectivity index (χ1v) is 25.6. The molecule has 5 heterocycles. The van der Waals surface area contributed by atoms with Crippen molar-refractivity contribution in [1.82, 2.24) is 40.5 Å². The number of nitrogens with one attached hydrogen (secondary N) is 3. The zero-order valence-corrected chi connectivity index (χ0v) is 44.8. The molecule has 2 unspecified atom stereocenters. The fraction of sp³-hybridized carbons (Fsp3) is 0.519. The lowest BCUT2D eigenvalue weighted by Gasteiger charge is -2.48. The van der Waals surface area contributed by atoms with Gasteiger partial charge in [-0.15, -0.1) is 0 Å². The van der Waals surface area contributed by atoms with Gasteiger partial charge in [0.05, 0.1) is 67.8 Å². The van der Waals surface area contributed by atoms with Crippen molar-refractivity contribution in [1.29, 1.82) is 0 Å². The van der Waals surface area contributed by atoms with Gasteiger partial charge in [-0.1, -0.05) is 24.0 Å². The van der Waals surface area contributed by atoms with Crippen molar-refractivity contribution in [3.8, 4) is 23.0 Å². The van der Waals surface area contributed by atoms with E-state index in [1.165, 1.54) is 17.4 Å². The minimum atomic E-state index is -5.24. The van der Waals surface area contributed by atoms with Crippen LogP contribution < -0.4 is 20.9 Å². The maximum Gasteiger partial charge on any atom is 0.407 e. The van der Waals surface area contributed by atoms with E-state index < -0.39 is 121 Å². The largest absolute Gasteiger partial charge is 0.465 e. The van der Waals surface area contributed by atoms with Crippen molar-refractivity contribution in [2.24, 2.45) is 10.8 Å². The van der Waals surface area contributed by atoms with Crippen LogP contribution in [0, 0.1) is 41.2 Å². The molecule has 2 aromatic heterocycles. The van der Waals surface area contributed by atoms with Gasteiger partial charge in [-0.05, 0) is 101 Å². The molecule has 6 atom stereocenters. The number of aryl methyl sites for hydroxylation is 1. The van der Waals surface area contributed by atoms with Crippen molar-refractivity contribution in [3.05, 3.63) is 101 Å². The number of aromatic nitrogens is 3. The number of halogens is 10. The summed E-state index contributed by atoms with van der Waals surface area (Å²) in [6.45, 7) is 0.684. The van der Waals surface area contributed by atoms with E-state index in [2.05, 4.69) is 36.8 Å². The number of hydrogen-bond donors (Lipinski definition) is 5. The van der Waals surface area contributed by atoms with E-state index in [1.807, 2.05) is 24.4 Å². The molecule has 17 nitrogen and oxygen atoms in total. The third-order valence-corrected chi connectivity index (χ3v) is 15.2. The number of carbonyl (C=O) groups excluding carboxylic acids is 3. The van der Waals surface area contributed by atoms with Crippen LogP contribution in [0.2, 0.25) is 0 Å². The molecule has 3 aliphatic heterocycles. The normalized spacial score (nSPS) is 18.6. The number of ether oxygens (including phenoxy) is 2. The first-order valence-electron chi connectivity index (χ1n) is 25.6. The Hall–Kier alpha value is -7.02. The smallest absolute Gasteiger partial charge is 0.407 e. The number of amides is 3. The number of methoxy groups -OCH3 is 1. The lowest BCUT2D eigenvalue weighted by atomic mass is 9.81. The monoisotopic (exact) mass is 1150 g/mol. The number of hydrogen-bond acceptors (Lipinski definition) is 12. The Labute approximate surface area is 459 Å². The second-order valence-corrected chi connectivity index (χ2v) is 21.5. The van der Waals surface area contributed by atoms with Gasteiger partial charge in [0.2, 0.25) is 5.91 Å². The predicted molar refractivity (Wildman–Crippen MR) is 272 cm³/mol. The Bertz CT molecular complexity index is 2960. The second kappa shape index (κ2) is 24.6. The minimum Gasteiger partial charge on any atom is -0.465 e. The number of alkyl halides is 8. The van der Waals surface area contributed by atoms with Crippen LogP contribution in [0.1, 0.15) is 75.0 Å². The molecule has 0 spiro atoms. The highest BCUT2D eigenvalue weighted by Gasteiger charge is 2.57. The molecule has 0 aliphatic carbocycles. The summed E-state index contributed by atoms with van der Waals surface area (Å²) in [5.41, 5.74) is -5.49. The van der Waals surface area contributed by atoms with E-state index in [1.54, 1.807) is 12.1 Å². The highest BCUT2D eigenvalue weighted by Crippen LogP contribution is 2.42. The van der Waals surface area contributed by atoms with E-state index in [9.17, 15) is 64.5 Å². The number of anilines is 1. The standard InChI is InChI=1S/C54H61F10N9O8/c1-29-32(13-16-44(66-29)71-22-35-14-15-36(23-71)73(35)37-27-81-28-37)12-11-30-7-9-31(10-8-30)17-41(67-47(76)46(69-50(79)80-6)52(4,5)54(62,63)64)42(74)25-70(26-43(75)45(68-49(77)78)51(2,3)53(59,60)61)24-38-39(55)18-33(19-40(38)56)34-20-65-72(21-34)48(57)58/h7-10,13,16,18-21,35-37,41-42,45-46,48,68,74H,14-15,17,22-28H2,1-6H3,(H,67,76)(H,69,79)(H,77,78)/t35?,36?,41-,42-,45+,46+/m0/s1. The number of ketones is 1. The summed E-state index contributed by atoms with van der Waals surface area (Å²) in [4.78, 5) is 62.7. The average molecular weight is 1150 g/mol. The maximum absolute atomic E-state index is 16.0. The maximum atomic E-state index is 16.0. The summed E-state index contributed by atoms with van der Waals surface area (Å²) in [6.07, 6.45) is -12.7. The van der Waals surface area contributed by atoms with Crippen LogP contribution in [0.4, 0.5) is 59.3 Å². The minimum absolute atomic E-state index is 0.171. The molecule has 3 aliphatic rings. The van der Waals surface area contributed by atoms with Crippen molar-refractivity contribution in [2.45, 2.75) is 122 Å². The summed E-state index contributed by atoms with van der Waals surface area (Å²) in [5.74, 6) is 1.13. The molecule has 4 aromatic rings. The van der Waals surface area contributed by atoms with Crippen LogP contribution >= 0.6 is 0 Å². The van der Waals surface area contributed by atoms with E-state index in [0.717, 1.165) is 64.5 Å². The number of piperazine rings is 1. The fourth-order valence-corrected chi connectivity index (χ4v) is 10.1. The summed E-state index contributed by atoms with van der Waals surface area (Å²) < 4.78 is 156. The van der Waals surface area contributed by atoms with Gasteiger partial charge in [0.1, 0.15) is 29.5 Å². The summed E-state index contributed by atoms with van der Waals surface area (Å²) >= 11 is 0. The number of benzene rings is 2. The van der Waals surface area contributed by atoms with Crippen molar-refractivity contribution >= 4 is 29.7 Å². The zero-order valence-electron chi connectivity index (χ0n) is 44.8. The molecule has 3 amide bonds. The molecular formula is C54H61F10N9O8. The molecule has 0 radical (unpaired) electrons. The molecule has 81 heavy (non-hydrogen) atoms. The van der Waals surface area contributed by atoms with Gasteiger partial charge >= 0.3 is 31.1 Å². The molecule has 27 heteroatoms. The van der Waals surface area contributed by atoms with E-state index in [0.29, 0.717) is 79.7 Å². The van der Waals surface area contributed by atoms with Gasteiger partial charge in [0.15, 0.2) is 5.78 Å². The van der Waals surface area contributed by atoms with Gasteiger partial charge in [-0.3, -0.25) is 19.4 Å². The quantitative estimate of drug-likeness (QED) is 0.0434. The van der Waals surface area contributed by atoms with Crippen LogP contribution in [0.15, 0.2) is 60.9 Å². The molecule has 3 fully saturated rings. The zero-order chi connectivity index (χ0) is 59.5. The lowest BCUT2D eigenvalue weighted by molar-refractivity contribution is -0.221. The van der Waals surface area contributed by atoms with Crippen LogP contribution in [0.25, 0.3) is 11.1 Å². The Morgan fingerprint density at radius 3 is 1.96 bits per heavy atom. The third-order valence-electron chi connectivity index (χ3n) is 15.2. The van der Waals surface area contributed by atoms with Crippen LogP contribution in [-0.4, -0.2) is 160 Å². The highest BCUT2D eigenvalue weighted by atomic mass is 19.4. The van der Waals surface area contributed by atoms with Gasteiger partial charge in [0.25, 0.3) is 0 Å². The van der Waals surface area contributed by atoms with Crippen molar-refractivity contribution in [3.63, 3.8) is 0 Å². The molecule has 2 bridgehead atoms. The summed E-state index contributed by atoms with van der Waals surface area (Å²) in [7, 11) is 0.820. The molecule has 5 N–H and O–H groups in total. The van der Waals surface area contributed by atoms with E-state index >= 15 is 8.78 Å². The van der Waals surface area contributed by atoms with Gasteiger partial charge in [-0.2, -0.15) is 40.2 Å². The van der Waals surface area contributed by atoms with Crippen molar-refractivity contribution < 1.29 is 82.8 Å². The lowest BCUT2D eigenvalue weighted by Crippen LogP contribution is -2.62. The highest BCUT2D eigenvalue weighted by molar-refractivity contribution is 5.90. The Kier molecular flexibility index (Phi) is 18.7.